The summed E-state index contributed by atoms with van der Waals surface area (Å²) in [6.07, 6.45) is 4.22. The van der Waals surface area contributed by atoms with Gasteiger partial charge in [0.05, 0.1) is 17.0 Å². The van der Waals surface area contributed by atoms with Crippen LogP contribution in [-0.2, 0) is 19.6 Å². The van der Waals surface area contributed by atoms with Crippen molar-refractivity contribution in [2.75, 3.05) is 0 Å². The van der Waals surface area contributed by atoms with Crippen molar-refractivity contribution >= 4 is 6.29 Å². The molecule has 0 aliphatic carbocycles. The Kier molecular flexibility index (Phi) is 5.71. The van der Waals surface area contributed by atoms with Crippen LogP contribution >= 0.6 is 0 Å². The van der Waals surface area contributed by atoms with E-state index in [1.54, 1.807) is 18.5 Å². The Labute approximate surface area is 153 Å². The van der Waals surface area contributed by atoms with Gasteiger partial charge in [0, 0.05) is 37.6 Å². The molecule has 0 unspecified atom stereocenters. The summed E-state index contributed by atoms with van der Waals surface area (Å²) >= 11 is 0. The smallest absolute Gasteiger partial charge is 0.153 e. The van der Waals surface area contributed by atoms with E-state index < -0.39 is 0 Å². The molecule has 2 heterocycles. The van der Waals surface area contributed by atoms with E-state index in [1.807, 2.05) is 49.4 Å². The van der Waals surface area contributed by atoms with Crippen LogP contribution in [0.1, 0.15) is 32.9 Å². The largest absolute Gasteiger partial charge is 0.507 e. The van der Waals surface area contributed by atoms with Gasteiger partial charge in [0.2, 0.25) is 0 Å². The zero-order valence-corrected chi connectivity index (χ0v) is 14.7. The lowest BCUT2D eigenvalue weighted by Crippen LogP contribution is -2.23. The number of carbonyl (C=O) groups is 1. The molecule has 0 saturated carbocycles. The van der Waals surface area contributed by atoms with E-state index in [-0.39, 0.29) is 5.75 Å². The summed E-state index contributed by atoms with van der Waals surface area (Å²) in [7, 11) is 0. The third kappa shape index (κ3) is 4.52. The Morgan fingerprint density at radius 2 is 1.58 bits per heavy atom. The highest BCUT2D eigenvalue weighted by Crippen LogP contribution is 2.25. The maximum Gasteiger partial charge on any atom is 0.153 e. The predicted molar refractivity (Wildman–Crippen MR) is 99.7 cm³/mol. The van der Waals surface area contributed by atoms with E-state index in [2.05, 4.69) is 14.9 Å². The third-order valence-electron chi connectivity index (χ3n) is 4.11. The lowest BCUT2D eigenvalue weighted by molar-refractivity contribution is 0.112. The molecular weight excluding hydrogens is 326 g/mol. The van der Waals surface area contributed by atoms with Crippen LogP contribution in [0.25, 0.3) is 0 Å². The molecule has 3 rings (SSSR count). The number of benzene rings is 1. The van der Waals surface area contributed by atoms with Crippen LogP contribution in [0.5, 0.6) is 5.75 Å². The second-order valence-corrected chi connectivity index (χ2v) is 6.27. The van der Waals surface area contributed by atoms with Gasteiger partial charge in [0.15, 0.2) is 6.29 Å². The van der Waals surface area contributed by atoms with Gasteiger partial charge in [-0.05, 0) is 42.8 Å². The summed E-state index contributed by atoms with van der Waals surface area (Å²) in [5, 5.41) is 10.4. The molecule has 1 N–H and O–H groups in total. The number of phenols is 1. The quantitative estimate of drug-likeness (QED) is 0.663. The molecule has 26 heavy (non-hydrogen) atoms. The fraction of sp³-hybridized carbons (Fsp3) is 0.190. The molecule has 132 valence electrons. The number of hydrogen-bond donors (Lipinski definition) is 1. The Morgan fingerprint density at radius 3 is 2.08 bits per heavy atom. The Balaban J connectivity index is 1.88. The van der Waals surface area contributed by atoms with Crippen LogP contribution in [-0.4, -0.2) is 26.3 Å². The molecule has 0 atom stereocenters. The number of carbonyl (C=O) groups excluding carboxylic acids is 1. The van der Waals surface area contributed by atoms with Crippen molar-refractivity contribution < 1.29 is 9.90 Å². The average Bonchev–Trinajstić information content (AvgIpc) is 2.66. The van der Waals surface area contributed by atoms with E-state index in [0.717, 1.165) is 22.5 Å². The van der Waals surface area contributed by atoms with Crippen molar-refractivity contribution in [3.05, 3.63) is 89.0 Å². The van der Waals surface area contributed by atoms with Gasteiger partial charge in [0.1, 0.15) is 5.75 Å². The van der Waals surface area contributed by atoms with Crippen molar-refractivity contribution in [1.29, 1.82) is 0 Å². The van der Waals surface area contributed by atoms with Crippen LogP contribution < -0.4 is 0 Å². The standard InChI is InChI=1S/C21H21N3O2/c1-16-10-17(21(26)18(11-16)15-25)12-24(13-19-6-2-4-8-22-19)14-20-7-3-5-9-23-20/h2-11,15,26H,12-14H2,1H3. The fourth-order valence-electron chi connectivity index (χ4n) is 2.94. The maximum absolute atomic E-state index is 11.2. The van der Waals surface area contributed by atoms with Crippen molar-refractivity contribution in [1.82, 2.24) is 14.9 Å². The van der Waals surface area contributed by atoms with Gasteiger partial charge in [0.25, 0.3) is 0 Å². The van der Waals surface area contributed by atoms with E-state index in [4.69, 9.17) is 0 Å². The number of aromatic nitrogens is 2. The third-order valence-corrected chi connectivity index (χ3v) is 4.11. The number of hydrogen-bond acceptors (Lipinski definition) is 5. The monoisotopic (exact) mass is 347 g/mol. The molecule has 0 fully saturated rings. The topological polar surface area (TPSA) is 66.3 Å². The number of aryl methyl sites for hydroxylation is 1. The second-order valence-electron chi connectivity index (χ2n) is 6.27. The molecule has 5 heteroatoms. The van der Waals surface area contributed by atoms with Crippen LogP contribution in [0.15, 0.2) is 60.9 Å². The highest BCUT2D eigenvalue weighted by atomic mass is 16.3. The molecule has 0 spiro atoms. The Hall–Kier alpha value is -3.05. The number of pyridine rings is 2. The first-order valence-corrected chi connectivity index (χ1v) is 8.45. The van der Waals surface area contributed by atoms with E-state index >= 15 is 0 Å². The fourth-order valence-corrected chi connectivity index (χ4v) is 2.94. The first-order valence-electron chi connectivity index (χ1n) is 8.45. The maximum atomic E-state index is 11.2. The van der Waals surface area contributed by atoms with Gasteiger partial charge >= 0.3 is 0 Å². The minimum atomic E-state index is 0.0395. The molecular formula is C21H21N3O2. The SMILES string of the molecule is Cc1cc(C=O)c(O)c(CN(Cc2ccccn2)Cc2ccccn2)c1. The number of rotatable bonds is 7. The lowest BCUT2D eigenvalue weighted by Gasteiger charge is -2.23. The van der Waals surface area contributed by atoms with Crippen LogP contribution in [0.2, 0.25) is 0 Å². The summed E-state index contributed by atoms with van der Waals surface area (Å²) in [5.74, 6) is 0.0395. The molecule has 0 radical (unpaired) electrons. The molecule has 1 aromatic carbocycles. The molecule has 0 aliphatic rings. The van der Waals surface area contributed by atoms with Crippen LogP contribution in [0, 0.1) is 6.92 Å². The van der Waals surface area contributed by atoms with Crippen molar-refractivity contribution in [2.45, 2.75) is 26.6 Å². The Morgan fingerprint density at radius 1 is 0.962 bits per heavy atom. The molecule has 3 aromatic rings. The summed E-state index contributed by atoms with van der Waals surface area (Å²) in [4.78, 5) is 22.1. The molecule has 0 saturated heterocycles. The zero-order valence-electron chi connectivity index (χ0n) is 14.7. The molecule has 0 aliphatic heterocycles. The van der Waals surface area contributed by atoms with Gasteiger partial charge < -0.3 is 5.11 Å². The normalized spacial score (nSPS) is 10.8. The van der Waals surface area contributed by atoms with E-state index in [1.165, 1.54) is 0 Å². The number of nitrogens with zero attached hydrogens (tertiary/aromatic N) is 3. The van der Waals surface area contributed by atoms with E-state index in [9.17, 15) is 9.90 Å². The minimum absolute atomic E-state index is 0.0395. The van der Waals surface area contributed by atoms with Crippen molar-refractivity contribution in [3.8, 4) is 5.75 Å². The minimum Gasteiger partial charge on any atom is -0.507 e. The predicted octanol–water partition coefficient (Wildman–Crippen LogP) is 3.51. The number of phenolic OH excluding ortho intramolecular Hbond substituents is 1. The average molecular weight is 347 g/mol. The Bertz CT molecular complexity index is 826. The number of aldehydes is 1. The summed E-state index contributed by atoms with van der Waals surface area (Å²) in [6.45, 7) is 3.63. The zero-order chi connectivity index (χ0) is 18.4. The van der Waals surface area contributed by atoms with Gasteiger partial charge in [-0.25, -0.2) is 0 Å². The van der Waals surface area contributed by atoms with Gasteiger partial charge in [-0.15, -0.1) is 0 Å². The highest BCUT2D eigenvalue weighted by Gasteiger charge is 2.14. The molecule has 5 nitrogen and oxygen atoms in total. The summed E-state index contributed by atoms with van der Waals surface area (Å²) in [5.41, 5.74) is 3.85. The lowest BCUT2D eigenvalue weighted by atomic mass is 10.0. The molecule has 0 amide bonds. The second kappa shape index (κ2) is 8.36. The summed E-state index contributed by atoms with van der Waals surface area (Å²) in [6, 6.07) is 15.2. The molecule has 0 bridgehead atoms. The van der Waals surface area contributed by atoms with Gasteiger partial charge in [-0.2, -0.15) is 0 Å². The van der Waals surface area contributed by atoms with Crippen LogP contribution in [0.4, 0.5) is 0 Å². The number of aromatic hydroxyl groups is 1. The van der Waals surface area contributed by atoms with Gasteiger partial charge in [-0.1, -0.05) is 18.2 Å². The van der Waals surface area contributed by atoms with Crippen LogP contribution in [0.3, 0.4) is 0 Å². The van der Waals surface area contributed by atoms with E-state index in [0.29, 0.717) is 31.5 Å². The first kappa shape index (κ1) is 17.8. The van der Waals surface area contributed by atoms with Crippen molar-refractivity contribution in [3.63, 3.8) is 0 Å². The molecule has 2 aromatic heterocycles. The van der Waals surface area contributed by atoms with Gasteiger partial charge in [-0.3, -0.25) is 19.7 Å². The van der Waals surface area contributed by atoms with Crippen molar-refractivity contribution in [2.24, 2.45) is 0 Å². The summed E-state index contributed by atoms with van der Waals surface area (Å²) < 4.78 is 0. The highest BCUT2D eigenvalue weighted by molar-refractivity contribution is 5.80. The first-order chi connectivity index (χ1) is 12.7.